The topological polar surface area (TPSA) is 68.5 Å². The van der Waals surface area contributed by atoms with Gasteiger partial charge >= 0.3 is 0 Å². The maximum Gasteiger partial charge on any atom is 0.138 e. The van der Waals surface area contributed by atoms with Crippen LogP contribution >= 0.6 is 11.5 Å². The van der Waals surface area contributed by atoms with Crippen LogP contribution in [0, 0.1) is 0 Å². The summed E-state index contributed by atoms with van der Waals surface area (Å²) in [6.07, 6.45) is 4.17. The van der Waals surface area contributed by atoms with E-state index in [-0.39, 0.29) is 6.04 Å². The second kappa shape index (κ2) is 5.13. The van der Waals surface area contributed by atoms with E-state index in [4.69, 9.17) is 0 Å². The van der Waals surface area contributed by atoms with Crippen LogP contribution in [0.5, 0.6) is 0 Å². The highest BCUT2D eigenvalue weighted by molar-refractivity contribution is 7.05. The Morgan fingerprint density at radius 3 is 3.00 bits per heavy atom. The molecule has 2 aromatic heterocycles. The molecule has 1 N–H and O–H groups in total. The number of nitrogens with zero attached hydrogens (tertiary/aromatic N) is 5. The van der Waals surface area contributed by atoms with Crippen LogP contribution in [0.3, 0.4) is 0 Å². The molecule has 7 heteroatoms. The van der Waals surface area contributed by atoms with Crippen molar-refractivity contribution in [2.24, 2.45) is 7.05 Å². The lowest BCUT2D eigenvalue weighted by Crippen LogP contribution is -2.23. The third kappa shape index (κ3) is 2.42. The molecule has 0 bridgehead atoms. The lowest BCUT2D eigenvalue weighted by molar-refractivity contribution is 0.528. The minimum Gasteiger partial charge on any atom is -0.309 e. The summed E-state index contributed by atoms with van der Waals surface area (Å²) in [6, 6.07) is 0.216. The van der Waals surface area contributed by atoms with Gasteiger partial charge in [0.1, 0.15) is 12.2 Å². The number of nitrogens with one attached hydrogen (secondary N) is 1. The molecule has 1 unspecified atom stereocenters. The first-order valence-corrected chi connectivity index (χ1v) is 5.92. The van der Waals surface area contributed by atoms with E-state index in [1.165, 1.54) is 11.5 Å². The van der Waals surface area contributed by atoms with Crippen molar-refractivity contribution in [1.82, 2.24) is 29.7 Å². The van der Waals surface area contributed by atoms with E-state index in [1.54, 1.807) is 17.2 Å². The fourth-order valence-corrected chi connectivity index (χ4v) is 2.11. The van der Waals surface area contributed by atoms with Crippen molar-refractivity contribution in [3.05, 3.63) is 23.2 Å². The van der Waals surface area contributed by atoms with Crippen LogP contribution in [0.1, 0.15) is 23.7 Å². The Morgan fingerprint density at radius 1 is 1.56 bits per heavy atom. The quantitative estimate of drug-likeness (QED) is 0.824. The molecule has 0 saturated heterocycles. The van der Waals surface area contributed by atoms with E-state index in [9.17, 15) is 0 Å². The minimum atomic E-state index is 0.216. The molecule has 0 fully saturated rings. The van der Waals surface area contributed by atoms with Crippen LogP contribution in [0.15, 0.2) is 12.5 Å². The molecule has 16 heavy (non-hydrogen) atoms. The maximum absolute atomic E-state index is 4.22. The summed E-state index contributed by atoms with van der Waals surface area (Å²) in [5, 5.41) is 11.3. The van der Waals surface area contributed by atoms with Crippen molar-refractivity contribution in [1.29, 1.82) is 0 Å². The van der Waals surface area contributed by atoms with Crippen molar-refractivity contribution < 1.29 is 0 Å². The van der Waals surface area contributed by atoms with E-state index < -0.39 is 0 Å². The first kappa shape index (κ1) is 11.2. The number of rotatable bonds is 5. The molecule has 6 nitrogen and oxygen atoms in total. The Morgan fingerprint density at radius 2 is 2.44 bits per heavy atom. The van der Waals surface area contributed by atoms with Gasteiger partial charge in [0, 0.05) is 13.5 Å². The first-order valence-electron chi connectivity index (χ1n) is 5.14. The van der Waals surface area contributed by atoms with Crippen LogP contribution in [0.2, 0.25) is 0 Å². The Kier molecular flexibility index (Phi) is 3.58. The third-order valence-electron chi connectivity index (χ3n) is 2.36. The summed E-state index contributed by atoms with van der Waals surface area (Å²) >= 11 is 1.42. The van der Waals surface area contributed by atoms with Crippen LogP contribution in [0.25, 0.3) is 0 Å². The van der Waals surface area contributed by atoms with Gasteiger partial charge in [-0.1, -0.05) is 11.4 Å². The van der Waals surface area contributed by atoms with Crippen LogP contribution in [0.4, 0.5) is 0 Å². The molecule has 1 atom stereocenters. The molecule has 0 radical (unpaired) electrons. The molecule has 2 heterocycles. The van der Waals surface area contributed by atoms with Gasteiger partial charge in [-0.2, -0.15) is 5.10 Å². The molecule has 0 aliphatic heterocycles. The van der Waals surface area contributed by atoms with Gasteiger partial charge in [-0.05, 0) is 18.1 Å². The van der Waals surface area contributed by atoms with Gasteiger partial charge in [0.15, 0.2) is 0 Å². The van der Waals surface area contributed by atoms with Crippen molar-refractivity contribution in [2.75, 3.05) is 6.54 Å². The SMILES string of the molecule is CCNC(Cc1ncnn1C)c1cnns1. The van der Waals surface area contributed by atoms with E-state index in [2.05, 4.69) is 31.9 Å². The van der Waals surface area contributed by atoms with Gasteiger partial charge in [0.05, 0.1) is 17.1 Å². The molecule has 0 aliphatic rings. The summed E-state index contributed by atoms with van der Waals surface area (Å²) in [5.74, 6) is 0.958. The number of likely N-dealkylation sites (N-methyl/N-ethyl adjacent to an activating group) is 1. The zero-order valence-corrected chi connectivity index (χ0v) is 10.1. The minimum absolute atomic E-state index is 0.216. The Hall–Kier alpha value is -1.34. The molecule has 0 aliphatic carbocycles. The predicted molar refractivity (Wildman–Crippen MR) is 61.0 cm³/mol. The molecule has 2 rings (SSSR count). The summed E-state index contributed by atoms with van der Waals surface area (Å²) < 4.78 is 5.68. The fraction of sp³-hybridized carbons (Fsp3) is 0.556. The van der Waals surface area contributed by atoms with Gasteiger partial charge in [-0.25, -0.2) is 4.98 Å². The largest absolute Gasteiger partial charge is 0.309 e. The molecule has 0 aromatic carbocycles. The summed E-state index contributed by atoms with van der Waals surface area (Å²) in [4.78, 5) is 5.35. The highest BCUT2D eigenvalue weighted by Gasteiger charge is 2.16. The highest BCUT2D eigenvalue weighted by Crippen LogP contribution is 2.18. The number of aromatic nitrogens is 5. The fourth-order valence-electron chi connectivity index (χ4n) is 1.54. The van der Waals surface area contributed by atoms with Crippen molar-refractivity contribution in [3.63, 3.8) is 0 Å². The van der Waals surface area contributed by atoms with Gasteiger partial charge < -0.3 is 5.32 Å². The summed E-state index contributed by atoms with van der Waals surface area (Å²) in [6.45, 7) is 2.98. The van der Waals surface area contributed by atoms with Gasteiger partial charge in [-0.15, -0.1) is 5.10 Å². The van der Waals surface area contributed by atoms with Crippen molar-refractivity contribution in [3.8, 4) is 0 Å². The van der Waals surface area contributed by atoms with Gasteiger partial charge in [-0.3, -0.25) is 4.68 Å². The molecular weight excluding hydrogens is 224 g/mol. The summed E-state index contributed by atoms with van der Waals surface area (Å²) in [7, 11) is 1.90. The zero-order chi connectivity index (χ0) is 11.4. The highest BCUT2D eigenvalue weighted by atomic mass is 32.1. The average Bonchev–Trinajstić information content (AvgIpc) is 2.90. The number of aryl methyl sites for hydroxylation is 1. The number of hydrogen-bond donors (Lipinski definition) is 1. The van der Waals surface area contributed by atoms with Crippen molar-refractivity contribution in [2.45, 2.75) is 19.4 Å². The molecule has 2 aromatic rings. The van der Waals surface area contributed by atoms with E-state index in [0.29, 0.717) is 0 Å². The van der Waals surface area contributed by atoms with Gasteiger partial charge in [0.2, 0.25) is 0 Å². The molecule has 0 spiro atoms. The standard InChI is InChI=1S/C9H14N6S/c1-3-10-7(8-5-12-14-16-8)4-9-11-6-13-15(9)2/h5-7,10H,3-4H2,1-2H3. The van der Waals surface area contributed by atoms with E-state index >= 15 is 0 Å². The molecule has 0 saturated carbocycles. The van der Waals surface area contributed by atoms with Crippen LogP contribution < -0.4 is 5.32 Å². The first-order chi connectivity index (χ1) is 7.81. The second-order valence-corrected chi connectivity index (χ2v) is 4.25. The Bertz CT molecular complexity index is 423. The predicted octanol–water partition coefficient (Wildman–Crippen LogP) is 0.560. The Labute approximate surface area is 97.9 Å². The zero-order valence-electron chi connectivity index (χ0n) is 9.29. The Balaban J connectivity index is 2.12. The normalized spacial score (nSPS) is 12.9. The monoisotopic (exact) mass is 238 g/mol. The molecule has 0 amide bonds. The molecule has 86 valence electrons. The van der Waals surface area contributed by atoms with E-state index in [1.807, 2.05) is 7.05 Å². The average molecular weight is 238 g/mol. The van der Waals surface area contributed by atoms with Crippen molar-refractivity contribution >= 4 is 11.5 Å². The molecular formula is C9H14N6S. The third-order valence-corrected chi connectivity index (χ3v) is 3.14. The van der Waals surface area contributed by atoms with Crippen LogP contribution in [-0.4, -0.2) is 30.9 Å². The maximum atomic E-state index is 4.22. The lowest BCUT2D eigenvalue weighted by atomic mass is 10.1. The van der Waals surface area contributed by atoms with Crippen LogP contribution in [-0.2, 0) is 13.5 Å². The van der Waals surface area contributed by atoms with Gasteiger partial charge in [0.25, 0.3) is 0 Å². The number of hydrogen-bond acceptors (Lipinski definition) is 6. The summed E-state index contributed by atoms with van der Waals surface area (Å²) in [5.41, 5.74) is 0. The second-order valence-electron chi connectivity index (χ2n) is 3.43. The smallest absolute Gasteiger partial charge is 0.138 e. The lowest BCUT2D eigenvalue weighted by Gasteiger charge is -2.14. The van der Waals surface area contributed by atoms with E-state index in [0.717, 1.165) is 23.7 Å².